The molecule has 0 bridgehead atoms. The molecule has 1 unspecified atom stereocenters. The van der Waals surface area contributed by atoms with Gasteiger partial charge in [0.25, 0.3) is 11.7 Å². The van der Waals surface area contributed by atoms with Gasteiger partial charge in [0.05, 0.1) is 38.0 Å². The zero-order valence-electron chi connectivity index (χ0n) is 20.2. The summed E-state index contributed by atoms with van der Waals surface area (Å²) in [7, 11) is 4.64. The minimum Gasteiger partial charge on any atom is -0.507 e. The van der Waals surface area contributed by atoms with Crippen LogP contribution in [0.1, 0.15) is 22.7 Å². The van der Waals surface area contributed by atoms with Crippen LogP contribution in [0, 0.1) is 0 Å². The Morgan fingerprint density at radius 1 is 0.861 bits per heavy atom. The van der Waals surface area contributed by atoms with E-state index >= 15 is 0 Å². The number of ketones is 1. The maximum Gasteiger partial charge on any atom is 0.295 e. The summed E-state index contributed by atoms with van der Waals surface area (Å²) in [6.07, 6.45) is 0.504. The Kier molecular flexibility index (Phi) is 7.50. The number of rotatable bonds is 8. The van der Waals surface area contributed by atoms with Crippen molar-refractivity contribution >= 4 is 29.1 Å². The van der Waals surface area contributed by atoms with Gasteiger partial charge in [-0.05, 0) is 60.0 Å². The number of amides is 1. The minimum absolute atomic E-state index is 0.0324. The normalized spacial score (nSPS) is 16.8. The number of methoxy groups -OCH3 is 3. The first-order chi connectivity index (χ1) is 17.4. The average molecular weight is 508 g/mol. The van der Waals surface area contributed by atoms with Crippen molar-refractivity contribution in [2.24, 2.45) is 0 Å². The number of likely N-dealkylation sites (tertiary alicyclic amines) is 1. The Bertz CT molecular complexity index is 1300. The third kappa shape index (κ3) is 4.88. The summed E-state index contributed by atoms with van der Waals surface area (Å²) in [4.78, 5) is 28.0. The van der Waals surface area contributed by atoms with Gasteiger partial charge in [-0.15, -0.1) is 0 Å². The van der Waals surface area contributed by atoms with E-state index in [0.29, 0.717) is 23.5 Å². The number of aliphatic hydroxyl groups excluding tert-OH is 1. The first-order valence-electron chi connectivity index (χ1n) is 11.3. The highest BCUT2D eigenvalue weighted by molar-refractivity contribution is 6.47. The highest BCUT2D eigenvalue weighted by Gasteiger charge is 2.46. The molecule has 1 fully saturated rings. The fourth-order valence-corrected chi connectivity index (χ4v) is 4.45. The molecule has 0 radical (unpaired) electrons. The van der Waals surface area contributed by atoms with Crippen molar-refractivity contribution in [3.05, 3.63) is 94.0 Å². The van der Waals surface area contributed by atoms with Crippen LogP contribution < -0.4 is 14.2 Å². The summed E-state index contributed by atoms with van der Waals surface area (Å²) in [6, 6.07) is 18.5. The number of nitrogens with zero attached hydrogens (tertiary/aromatic N) is 1. The van der Waals surface area contributed by atoms with E-state index < -0.39 is 17.7 Å². The van der Waals surface area contributed by atoms with Crippen LogP contribution in [-0.4, -0.2) is 49.6 Å². The van der Waals surface area contributed by atoms with Gasteiger partial charge in [-0.25, -0.2) is 0 Å². The van der Waals surface area contributed by atoms with Crippen LogP contribution in [0.25, 0.3) is 5.76 Å². The van der Waals surface area contributed by atoms with E-state index in [0.717, 1.165) is 11.3 Å². The van der Waals surface area contributed by atoms with Gasteiger partial charge in [-0.2, -0.15) is 0 Å². The number of hydrogen-bond acceptors (Lipinski definition) is 6. The van der Waals surface area contributed by atoms with Crippen molar-refractivity contribution in [2.45, 2.75) is 12.5 Å². The minimum atomic E-state index is -0.809. The standard InChI is InChI=1S/C28H26ClNO6/c1-34-19-8-4-17(5-9-19)14-15-30-25(18-6-10-20(35-2)11-7-18)24(27(32)28(30)33)26(31)22-16-21(36-3)12-13-23(22)29/h4-13,16,25,31H,14-15H2,1-3H3/b26-24+. The van der Waals surface area contributed by atoms with Crippen molar-refractivity contribution in [2.75, 3.05) is 27.9 Å². The number of carbonyl (C=O) groups excluding carboxylic acids is 2. The molecule has 1 saturated heterocycles. The Morgan fingerprint density at radius 2 is 1.42 bits per heavy atom. The molecule has 0 aliphatic carbocycles. The highest BCUT2D eigenvalue weighted by atomic mass is 35.5. The van der Waals surface area contributed by atoms with Gasteiger partial charge in [0.2, 0.25) is 0 Å². The van der Waals surface area contributed by atoms with E-state index in [1.807, 2.05) is 24.3 Å². The predicted octanol–water partition coefficient (Wildman–Crippen LogP) is 5.03. The number of ether oxygens (including phenoxy) is 3. The van der Waals surface area contributed by atoms with Crippen LogP contribution in [0.2, 0.25) is 5.02 Å². The fourth-order valence-electron chi connectivity index (χ4n) is 4.24. The van der Waals surface area contributed by atoms with E-state index in [1.165, 1.54) is 18.1 Å². The van der Waals surface area contributed by atoms with Crippen molar-refractivity contribution in [3.63, 3.8) is 0 Å². The predicted molar refractivity (Wildman–Crippen MR) is 137 cm³/mol. The van der Waals surface area contributed by atoms with Crippen molar-refractivity contribution in [3.8, 4) is 17.2 Å². The molecule has 1 atom stereocenters. The smallest absolute Gasteiger partial charge is 0.295 e. The second kappa shape index (κ2) is 10.7. The van der Waals surface area contributed by atoms with E-state index in [4.69, 9.17) is 25.8 Å². The largest absolute Gasteiger partial charge is 0.507 e. The second-order valence-electron chi connectivity index (χ2n) is 8.21. The Balaban J connectivity index is 1.78. The fraction of sp³-hybridized carbons (Fsp3) is 0.214. The Labute approximate surface area is 214 Å². The van der Waals surface area contributed by atoms with E-state index in [-0.39, 0.29) is 28.5 Å². The molecule has 0 saturated carbocycles. The van der Waals surface area contributed by atoms with Crippen LogP contribution in [0.4, 0.5) is 0 Å². The molecule has 1 N–H and O–H groups in total. The lowest BCUT2D eigenvalue weighted by Crippen LogP contribution is -2.31. The lowest BCUT2D eigenvalue weighted by atomic mass is 9.95. The topological polar surface area (TPSA) is 85.3 Å². The molecule has 3 aromatic rings. The lowest BCUT2D eigenvalue weighted by molar-refractivity contribution is -0.139. The molecule has 1 amide bonds. The van der Waals surface area contributed by atoms with Crippen LogP contribution >= 0.6 is 11.6 Å². The van der Waals surface area contributed by atoms with Gasteiger partial charge in [-0.1, -0.05) is 35.9 Å². The molecule has 3 aromatic carbocycles. The Hall–Kier alpha value is -3.97. The molecule has 1 aliphatic heterocycles. The quantitative estimate of drug-likeness (QED) is 0.261. The van der Waals surface area contributed by atoms with Crippen molar-refractivity contribution < 1.29 is 28.9 Å². The van der Waals surface area contributed by atoms with Crippen LogP contribution in [0.5, 0.6) is 17.2 Å². The van der Waals surface area contributed by atoms with Gasteiger partial charge in [0.15, 0.2) is 0 Å². The van der Waals surface area contributed by atoms with Crippen LogP contribution in [0.3, 0.4) is 0 Å². The Morgan fingerprint density at radius 3 is 2.00 bits per heavy atom. The molecule has 0 aromatic heterocycles. The average Bonchev–Trinajstić information content (AvgIpc) is 3.17. The number of hydrogen-bond donors (Lipinski definition) is 1. The van der Waals surface area contributed by atoms with Gasteiger partial charge in [0, 0.05) is 12.1 Å². The van der Waals surface area contributed by atoms with Crippen molar-refractivity contribution in [1.82, 2.24) is 4.90 Å². The molecule has 7 nitrogen and oxygen atoms in total. The van der Waals surface area contributed by atoms with E-state index in [2.05, 4.69) is 0 Å². The van der Waals surface area contributed by atoms with Crippen LogP contribution in [0.15, 0.2) is 72.3 Å². The maximum absolute atomic E-state index is 13.3. The first kappa shape index (κ1) is 25.1. The molecule has 1 heterocycles. The van der Waals surface area contributed by atoms with Gasteiger partial charge in [0.1, 0.15) is 23.0 Å². The number of aliphatic hydroxyl groups is 1. The summed E-state index contributed by atoms with van der Waals surface area (Å²) < 4.78 is 15.7. The molecular weight excluding hydrogens is 482 g/mol. The molecule has 8 heteroatoms. The zero-order chi connectivity index (χ0) is 25.8. The van der Waals surface area contributed by atoms with E-state index in [9.17, 15) is 14.7 Å². The number of Topliss-reactive ketones (excluding diaryl/α,β-unsaturated/α-hetero) is 1. The summed E-state index contributed by atoms with van der Waals surface area (Å²) in [5, 5.41) is 11.5. The molecule has 36 heavy (non-hydrogen) atoms. The third-order valence-corrected chi connectivity index (χ3v) is 6.53. The van der Waals surface area contributed by atoms with Crippen LogP contribution in [-0.2, 0) is 16.0 Å². The number of halogens is 1. The maximum atomic E-state index is 13.3. The molecule has 4 rings (SSSR count). The second-order valence-corrected chi connectivity index (χ2v) is 8.62. The molecule has 1 aliphatic rings. The van der Waals surface area contributed by atoms with Gasteiger partial charge >= 0.3 is 0 Å². The molecule has 186 valence electrons. The molecular formula is C28H26ClNO6. The van der Waals surface area contributed by atoms with Crippen molar-refractivity contribution in [1.29, 1.82) is 0 Å². The summed E-state index contributed by atoms with van der Waals surface area (Å²) in [5.41, 5.74) is 1.81. The van der Waals surface area contributed by atoms with E-state index in [1.54, 1.807) is 50.6 Å². The highest BCUT2D eigenvalue weighted by Crippen LogP contribution is 2.41. The third-order valence-electron chi connectivity index (χ3n) is 6.20. The number of carbonyl (C=O) groups is 2. The lowest BCUT2D eigenvalue weighted by Gasteiger charge is -2.25. The first-order valence-corrected chi connectivity index (χ1v) is 11.6. The van der Waals surface area contributed by atoms with Gasteiger partial charge < -0.3 is 24.2 Å². The summed E-state index contributed by atoms with van der Waals surface area (Å²) in [5.74, 6) is -0.00935. The van der Waals surface area contributed by atoms with Gasteiger partial charge in [-0.3, -0.25) is 9.59 Å². The summed E-state index contributed by atoms with van der Waals surface area (Å²) >= 11 is 6.36. The zero-order valence-corrected chi connectivity index (χ0v) is 20.9. The summed E-state index contributed by atoms with van der Waals surface area (Å²) in [6.45, 7) is 0.260. The molecule has 0 spiro atoms. The number of benzene rings is 3. The SMILES string of the molecule is COc1ccc(CCN2C(=O)C(=O)/C(=C(/O)c3cc(OC)ccc3Cl)C2c2ccc(OC)cc2)cc1. The monoisotopic (exact) mass is 507 g/mol.